The summed E-state index contributed by atoms with van der Waals surface area (Å²) < 4.78 is 5.34. The van der Waals surface area contributed by atoms with E-state index in [1.54, 1.807) is 11.8 Å². The van der Waals surface area contributed by atoms with Crippen LogP contribution in [-0.2, 0) is 14.3 Å². The molecule has 1 aromatic rings. The Bertz CT molecular complexity index is 490. The quantitative estimate of drug-likeness (QED) is 0.903. The average Bonchev–Trinajstić information content (AvgIpc) is 2.97. The molecule has 1 aromatic carbocycles. The lowest BCUT2D eigenvalue weighted by atomic mass is 10.2. The lowest BCUT2D eigenvalue weighted by molar-refractivity contribution is -0.145. The Morgan fingerprint density at radius 2 is 2.10 bits per heavy atom. The zero-order valence-corrected chi connectivity index (χ0v) is 12.5. The topological polar surface area (TPSA) is 58.6 Å². The number of rotatable bonds is 5. The number of hydrogen-bond donors (Lipinski definition) is 1. The highest BCUT2D eigenvalue weighted by atomic mass is 16.5. The Kier molecular flexibility index (Phi) is 5.33. The van der Waals surface area contributed by atoms with Gasteiger partial charge in [-0.1, -0.05) is 18.2 Å². The van der Waals surface area contributed by atoms with Crippen molar-refractivity contribution in [1.29, 1.82) is 0 Å². The lowest BCUT2D eigenvalue weighted by Crippen LogP contribution is -2.47. The van der Waals surface area contributed by atoms with E-state index in [4.69, 9.17) is 4.74 Å². The van der Waals surface area contributed by atoms with Crippen molar-refractivity contribution in [1.82, 2.24) is 4.90 Å². The van der Waals surface area contributed by atoms with E-state index in [-0.39, 0.29) is 11.8 Å². The predicted octanol–water partition coefficient (Wildman–Crippen LogP) is 2.04. The van der Waals surface area contributed by atoms with Gasteiger partial charge in [-0.15, -0.1) is 0 Å². The molecule has 1 N–H and O–H groups in total. The van der Waals surface area contributed by atoms with Gasteiger partial charge < -0.3 is 15.0 Å². The molecule has 0 aliphatic carbocycles. The Balaban J connectivity index is 2.01. The van der Waals surface area contributed by atoms with E-state index < -0.39 is 12.1 Å². The standard InChI is InChI=1S/C16H22N2O3/c1-3-21-12(2)16(20)18-11-7-10-14(18)15(19)17-13-8-5-4-6-9-13/h4-6,8-9,12,14H,3,7,10-11H2,1-2H3,(H,17,19)/t12-,14-/m0/s1. The molecule has 1 aliphatic heterocycles. The number of likely N-dealkylation sites (tertiary alicyclic amines) is 1. The van der Waals surface area contributed by atoms with Gasteiger partial charge in [-0.3, -0.25) is 9.59 Å². The Morgan fingerprint density at radius 3 is 2.76 bits per heavy atom. The molecule has 1 fully saturated rings. The number of nitrogens with one attached hydrogen (secondary N) is 1. The normalized spacial score (nSPS) is 19.3. The third-order valence-corrected chi connectivity index (χ3v) is 3.64. The van der Waals surface area contributed by atoms with Gasteiger partial charge in [-0.2, -0.15) is 0 Å². The van der Waals surface area contributed by atoms with Crippen LogP contribution in [0.25, 0.3) is 0 Å². The maximum absolute atomic E-state index is 12.4. The third-order valence-electron chi connectivity index (χ3n) is 3.64. The highest BCUT2D eigenvalue weighted by molar-refractivity contribution is 5.98. The Morgan fingerprint density at radius 1 is 1.38 bits per heavy atom. The summed E-state index contributed by atoms with van der Waals surface area (Å²) in [5.41, 5.74) is 0.750. The smallest absolute Gasteiger partial charge is 0.252 e. The van der Waals surface area contributed by atoms with E-state index in [2.05, 4.69) is 5.32 Å². The number of para-hydroxylation sites is 1. The van der Waals surface area contributed by atoms with Crippen molar-refractivity contribution in [3.8, 4) is 0 Å². The van der Waals surface area contributed by atoms with Crippen LogP contribution in [0, 0.1) is 0 Å². The van der Waals surface area contributed by atoms with E-state index in [9.17, 15) is 9.59 Å². The summed E-state index contributed by atoms with van der Waals surface area (Å²) >= 11 is 0. The van der Waals surface area contributed by atoms with Gasteiger partial charge in [0.1, 0.15) is 12.1 Å². The fraction of sp³-hybridized carbons (Fsp3) is 0.500. The van der Waals surface area contributed by atoms with Crippen LogP contribution < -0.4 is 5.32 Å². The summed E-state index contributed by atoms with van der Waals surface area (Å²) in [6, 6.07) is 8.89. The molecule has 1 heterocycles. The summed E-state index contributed by atoms with van der Waals surface area (Å²) in [7, 11) is 0. The van der Waals surface area contributed by atoms with Gasteiger partial charge in [-0.05, 0) is 38.8 Å². The number of ether oxygens (including phenoxy) is 1. The first-order valence-electron chi connectivity index (χ1n) is 7.41. The zero-order chi connectivity index (χ0) is 15.2. The molecular weight excluding hydrogens is 268 g/mol. The van der Waals surface area contributed by atoms with Crippen molar-refractivity contribution in [2.45, 2.75) is 38.8 Å². The van der Waals surface area contributed by atoms with Gasteiger partial charge in [0.25, 0.3) is 5.91 Å². The van der Waals surface area contributed by atoms with Crippen LogP contribution in [0.3, 0.4) is 0 Å². The molecule has 5 heteroatoms. The van der Waals surface area contributed by atoms with E-state index in [0.29, 0.717) is 19.6 Å². The molecule has 0 aromatic heterocycles. The van der Waals surface area contributed by atoms with Crippen LogP contribution in [0.4, 0.5) is 5.69 Å². The third kappa shape index (κ3) is 3.82. The van der Waals surface area contributed by atoms with Crippen LogP contribution in [0.2, 0.25) is 0 Å². The first-order valence-corrected chi connectivity index (χ1v) is 7.41. The molecular formula is C16H22N2O3. The molecule has 5 nitrogen and oxygen atoms in total. The minimum Gasteiger partial charge on any atom is -0.369 e. The number of amides is 2. The average molecular weight is 290 g/mol. The molecule has 0 unspecified atom stereocenters. The summed E-state index contributed by atoms with van der Waals surface area (Å²) in [5.74, 6) is -0.238. The molecule has 2 rings (SSSR count). The van der Waals surface area contributed by atoms with Gasteiger partial charge in [0.2, 0.25) is 5.91 Å². The fourth-order valence-corrected chi connectivity index (χ4v) is 2.60. The van der Waals surface area contributed by atoms with Crippen LogP contribution in [0.15, 0.2) is 30.3 Å². The largest absolute Gasteiger partial charge is 0.369 e. The van der Waals surface area contributed by atoms with Crippen LogP contribution in [0.1, 0.15) is 26.7 Å². The van der Waals surface area contributed by atoms with Crippen molar-refractivity contribution < 1.29 is 14.3 Å². The highest BCUT2D eigenvalue weighted by Crippen LogP contribution is 2.20. The second kappa shape index (κ2) is 7.22. The van der Waals surface area contributed by atoms with E-state index in [1.807, 2.05) is 37.3 Å². The number of hydrogen-bond acceptors (Lipinski definition) is 3. The first-order chi connectivity index (χ1) is 10.1. The van der Waals surface area contributed by atoms with Gasteiger partial charge in [0.05, 0.1) is 0 Å². The zero-order valence-electron chi connectivity index (χ0n) is 12.5. The van der Waals surface area contributed by atoms with Crippen molar-refractivity contribution in [2.75, 3.05) is 18.5 Å². The maximum atomic E-state index is 12.4. The van der Waals surface area contributed by atoms with E-state index in [1.165, 1.54) is 0 Å². The van der Waals surface area contributed by atoms with Crippen LogP contribution >= 0.6 is 0 Å². The second-order valence-corrected chi connectivity index (χ2v) is 5.14. The summed E-state index contributed by atoms with van der Waals surface area (Å²) in [6.45, 7) is 4.69. The summed E-state index contributed by atoms with van der Waals surface area (Å²) in [5, 5.41) is 2.87. The van der Waals surface area contributed by atoms with Gasteiger partial charge in [-0.25, -0.2) is 0 Å². The van der Waals surface area contributed by atoms with Crippen LogP contribution in [-0.4, -0.2) is 42.0 Å². The van der Waals surface area contributed by atoms with E-state index >= 15 is 0 Å². The summed E-state index contributed by atoms with van der Waals surface area (Å²) in [4.78, 5) is 26.3. The highest BCUT2D eigenvalue weighted by Gasteiger charge is 2.36. The van der Waals surface area contributed by atoms with Crippen LogP contribution in [0.5, 0.6) is 0 Å². The number of carbonyl (C=O) groups excluding carboxylic acids is 2. The molecule has 1 aliphatic rings. The monoisotopic (exact) mass is 290 g/mol. The van der Waals surface area contributed by atoms with Crippen molar-refractivity contribution >= 4 is 17.5 Å². The molecule has 114 valence electrons. The molecule has 0 saturated carbocycles. The first kappa shape index (κ1) is 15.5. The maximum Gasteiger partial charge on any atom is 0.252 e. The molecule has 21 heavy (non-hydrogen) atoms. The van der Waals surface area contributed by atoms with Crippen molar-refractivity contribution in [3.63, 3.8) is 0 Å². The molecule has 0 spiro atoms. The van der Waals surface area contributed by atoms with Gasteiger partial charge in [0.15, 0.2) is 0 Å². The number of anilines is 1. The van der Waals surface area contributed by atoms with Gasteiger partial charge in [0, 0.05) is 18.8 Å². The van der Waals surface area contributed by atoms with Gasteiger partial charge >= 0.3 is 0 Å². The minimum atomic E-state index is -0.500. The molecule has 0 bridgehead atoms. The Hall–Kier alpha value is -1.88. The predicted molar refractivity (Wildman–Crippen MR) is 80.9 cm³/mol. The molecule has 0 radical (unpaired) electrons. The van der Waals surface area contributed by atoms with E-state index in [0.717, 1.165) is 12.1 Å². The number of carbonyl (C=O) groups is 2. The Labute approximate surface area is 125 Å². The van der Waals surface area contributed by atoms with Crippen molar-refractivity contribution in [3.05, 3.63) is 30.3 Å². The molecule has 2 atom stereocenters. The number of nitrogens with zero attached hydrogens (tertiary/aromatic N) is 1. The molecule has 2 amide bonds. The minimum absolute atomic E-state index is 0.109. The second-order valence-electron chi connectivity index (χ2n) is 5.14. The lowest BCUT2D eigenvalue weighted by Gasteiger charge is -2.26. The molecule has 1 saturated heterocycles. The fourth-order valence-electron chi connectivity index (χ4n) is 2.60. The van der Waals surface area contributed by atoms with Crippen molar-refractivity contribution in [2.24, 2.45) is 0 Å². The SMILES string of the molecule is CCO[C@@H](C)C(=O)N1CCC[C@H]1C(=O)Nc1ccccc1. The number of benzene rings is 1. The summed E-state index contributed by atoms with van der Waals surface area (Å²) in [6.07, 6.45) is 1.04.